The number of imide groups is 1. The van der Waals surface area contributed by atoms with Gasteiger partial charge < -0.3 is 10.2 Å². The van der Waals surface area contributed by atoms with Crippen molar-refractivity contribution in [3.63, 3.8) is 0 Å². The largest absolute Gasteiger partial charge is 0.368 e. The number of benzene rings is 1. The second kappa shape index (κ2) is 6.60. The zero-order chi connectivity index (χ0) is 18.4. The van der Waals surface area contributed by atoms with E-state index < -0.39 is 0 Å². The molecule has 2 unspecified atom stereocenters. The number of rotatable bonds is 3. The number of hydrogen-bond acceptors (Lipinski definition) is 5. The molecule has 0 radical (unpaired) electrons. The second-order valence-electron chi connectivity index (χ2n) is 8.80. The van der Waals surface area contributed by atoms with E-state index in [2.05, 4.69) is 44.7 Å². The number of likely N-dealkylation sites (tertiary alicyclic amines) is 1. The predicted octanol–water partition coefficient (Wildman–Crippen LogP) is 1.08. The van der Waals surface area contributed by atoms with Crippen LogP contribution < -0.4 is 15.5 Å². The summed E-state index contributed by atoms with van der Waals surface area (Å²) in [7, 11) is 0. The molecule has 0 aliphatic carbocycles. The van der Waals surface area contributed by atoms with Crippen LogP contribution in [-0.2, 0) is 9.59 Å². The summed E-state index contributed by atoms with van der Waals surface area (Å²) < 4.78 is 0. The third-order valence-electron chi connectivity index (χ3n) is 7.08. The number of piperidine rings is 1. The number of carbonyl (C=O) groups excluding carboxylic acids is 2. The van der Waals surface area contributed by atoms with Gasteiger partial charge in [-0.1, -0.05) is 12.1 Å². The van der Waals surface area contributed by atoms with Gasteiger partial charge in [-0.25, -0.2) is 0 Å². The van der Waals surface area contributed by atoms with Crippen molar-refractivity contribution in [2.75, 3.05) is 44.2 Å². The lowest BCUT2D eigenvalue weighted by atomic mass is 9.86. The smallest absolute Gasteiger partial charge is 0.234 e. The molecule has 4 aliphatic heterocycles. The van der Waals surface area contributed by atoms with E-state index in [1.54, 1.807) is 0 Å². The second-order valence-corrected chi connectivity index (χ2v) is 8.80. The van der Waals surface area contributed by atoms with Gasteiger partial charge in [0, 0.05) is 44.3 Å². The van der Waals surface area contributed by atoms with Crippen LogP contribution in [0.3, 0.4) is 0 Å². The molecule has 1 aromatic carbocycles. The van der Waals surface area contributed by atoms with Crippen LogP contribution in [0.4, 0.5) is 5.69 Å². The molecule has 2 N–H and O–H groups in total. The van der Waals surface area contributed by atoms with E-state index in [-0.39, 0.29) is 17.7 Å². The maximum Gasteiger partial charge on any atom is 0.234 e. The summed E-state index contributed by atoms with van der Waals surface area (Å²) in [5, 5.41) is 5.99. The molecule has 5 rings (SSSR count). The van der Waals surface area contributed by atoms with Crippen molar-refractivity contribution >= 4 is 17.5 Å². The summed E-state index contributed by atoms with van der Waals surface area (Å²) in [5.74, 6) is -0.509. The van der Waals surface area contributed by atoms with Gasteiger partial charge >= 0.3 is 0 Å². The molecule has 0 bridgehead atoms. The highest BCUT2D eigenvalue weighted by atomic mass is 16.2. The number of amides is 2. The monoisotopic (exact) mass is 368 g/mol. The Morgan fingerprint density at radius 1 is 1.07 bits per heavy atom. The molecule has 0 aromatic heterocycles. The Morgan fingerprint density at radius 2 is 1.89 bits per heavy atom. The molecule has 27 heavy (non-hydrogen) atoms. The maximum absolute atomic E-state index is 12.0. The fourth-order valence-electron chi connectivity index (χ4n) is 5.25. The Morgan fingerprint density at radius 3 is 2.59 bits per heavy atom. The summed E-state index contributed by atoms with van der Waals surface area (Å²) in [6, 6.07) is 9.04. The van der Waals surface area contributed by atoms with Crippen molar-refractivity contribution in [2.24, 2.45) is 5.41 Å². The van der Waals surface area contributed by atoms with Crippen molar-refractivity contribution in [3.05, 3.63) is 29.8 Å². The first-order chi connectivity index (χ1) is 13.1. The van der Waals surface area contributed by atoms with E-state index in [0.717, 1.165) is 18.7 Å². The van der Waals surface area contributed by atoms with Gasteiger partial charge in [0.15, 0.2) is 0 Å². The van der Waals surface area contributed by atoms with Crippen LogP contribution in [-0.4, -0.2) is 62.0 Å². The molecule has 2 amide bonds. The molecular weight excluding hydrogens is 340 g/mol. The first kappa shape index (κ1) is 17.2. The predicted molar refractivity (Wildman–Crippen MR) is 104 cm³/mol. The van der Waals surface area contributed by atoms with Gasteiger partial charge in [-0.2, -0.15) is 0 Å². The molecule has 0 saturated carbocycles. The number of nitrogens with zero attached hydrogens (tertiary/aromatic N) is 2. The van der Waals surface area contributed by atoms with E-state index in [9.17, 15) is 9.59 Å². The Bertz CT molecular complexity index is 735. The third-order valence-corrected chi connectivity index (χ3v) is 7.08. The van der Waals surface area contributed by atoms with Gasteiger partial charge in [-0.15, -0.1) is 0 Å². The van der Waals surface area contributed by atoms with Crippen molar-refractivity contribution in [1.29, 1.82) is 0 Å². The van der Waals surface area contributed by atoms with Crippen LogP contribution in [0, 0.1) is 5.41 Å². The molecule has 144 valence electrons. The van der Waals surface area contributed by atoms with Crippen LogP contribution >= 0.6 is 0 Å². The number of carbonyl (C=O) groups is 2. The molecule has 4 fully saturated rings. The molecule has 6 nitrogen and oxygen atoms in total. The van der Waals surface area contributed by atoms with Gasteiger partial charge in [0.05, 0.1) is 5.92 Å². The first-order valence-electron chi connectivity index (χ1n) is 10.3. The molecule has 4 heterocycles. The van der Waals surface area contributed by atoms with E-state index in [4.69, 9.17) is 0 Å². The summed E-state index contributed by atoms with van der Waals surface area (Å²) in [6.45, 7) is 7.08. The zero-order valence-electron chi connectivity index (χ0n) is 15.7. The number of anilines is 1. The van der Waals surface area contributed by atoms with Gasteiger partial charge in [-0.05, 0) is 55.5 Å². The lowest BCUT2D eigenvalue weighted by molar-refractivity contribution is -0.134. The zero-order valence-corrected chi connectivity index (χ0v) is 15.7. The normalized spacial score (nSPS) is 32.1. The Kier molecular flexibility index (Phi) is 4.20. The van der Waals surface area contributed by atoms with Gasteiger partial charge in [0.1, 0.15) is 0 Å². The van der Waals surface area contributed by atoms with Crippen LogP contribution in [0.5, 0.6) is 0 Å². The molecule has 1 aromatic rings. The highest BCUT2D eigenvalue weighted by Crippen LogP contribution is 2.38. The Hall–Kier alpha value is -1.92. The Labute approximate surface area is 160 Å². The molecule has 1 spiro atoms. The maximum atomic E-state index is 12.0. The molecular formula is C21H28N4O2. The average molecular weight is 368 g/mol. The fourth-order valence-corrected chi connectivity index (χ4v) is 5.25. The van der Waals surface area contributed by atoms with Crippen LogP contribution in [0.25, 0.3) is 0 Å². The van der Waals surface area contributed by atoms with E-state index >= 15 is 0 Å². The first-order valence-corrected chi connectivity index (χ1v) is 10.3. The quantitative estimate of drug-likeness (QED) is 0.782. The average Bonchev–Trinajstić information content (AvgIpc) is 3.25. The van der Waals surface area contributed by atoms with Crippen molar-refractivity contribution < 1.29 is 9.59 Å². The summed E-state index contributed by atoms with van der Waals surface area (Å²) >= 11 is 0. The molecule has 4 aliphatic rings. The lowest BCUT2D eigenvalue weighted by Gasteiger charge is -2.46. The SMILES string of the molecule is O=C1CCC(c2ccc(N3CC(N4CCC5(CCNC5)C4)C3)cc2)C(=O)N1. The molecule has 2 atom stereocenters. The summed E-state index contributed by atoms with van der Waals surface area (Å²) in [6.07, 6.45) is 3.72. The van der Waals surface area contributed by atoms with Crippen molar-refractivity contribution in [1.82, 2.24) is 15.5 Å². The van der Waals surface area contributed by atoms with Gasteiger partial charge in [-0.3, -0.25) is 19.8 Å². The standard InChI is InChI=1S/C21H28N4O2/c26-19-6-5-18(20(27)23-19)15-1-3-16(4-2-15)25-11-17(12-25)24-10-8-21(14-24)7-9-22-13-21/h1-4,17-18,22H,5-14H2,(H,23,26,27). The van der Waals surface area contributed by atoms with Crippen LogP contribution in [0.1, 0.15) is 37.2 Å². The fraction of sp³-hybridized carbons (Fsp3) is 0.619. The summed E-state index contributed by atoms with van der Waals surface area (Å²) in [4.78, 5) is 28.5. The highest BCUT2D eigenvalue weighted by Gasteiger charge is 2.44. The Balaban J connectivity index is 1.17. The summed E-state index contributed by atoms with van der Waals surface area (Å²) in [5.41, 5.74) is 2.79. The van der Waals surface area contributed by atoms with Crippen molar-refractivity contribution in [3.8, 4) is 0 Å². The van der Waals surface area contributed by atoms with Crippen molar-refractivity contribution in [2.45, 2.75) is 37.6 Å². The van der Waals surface area contributed by atoms with E-state index in [0.29, 0.717) is 24.3 Å². The third kappa shape index (κ3) is 3.15. The van der Waals surface area contributed by atoms with E-state index in [1.165, 1.54) is 44.7 Å². The minimum Gasteiger partial charge on any atom is -0.368 e. The molecule has 4 saturated heterocycles. The lowest BCUT2D eigenvalue weighted by Crippen LogP contribution is -2.59. The minimum atomic E-state index is -0.193. The highest BCUT2D eigenvalue weighted by molar-refractivity contribution is 6.00. The number of hydrogen-bond donors (Lipinski definition) is 2. The number of nitrogens with one attached hydrogen (secondary N) is 2. The minimum absolute atomic E-state index is 0.156. The topological polar surface area (TPSA) is 64.7 Å². The van der Waals surface area contributed by atoms with Gasteiger partial charge in [0.2, 0.25) is 11.8 Å². The van der Waals surface area contributed by atoms with Crippen LogP contribution in [0.2, 0.25) is 0 Å². The van der Waals surface area contributed by atoms with Crippen LogP contribution in [0.15, 0.2) is 24.3 Å². The van der Waals surface area contributed by atoms with Gasteiger partial charge in [0.25, 0.3) is 0 Å². The molecule has 6 heteroatoms. The van der Waals surface area contributed by atoms with E-state index in [1.807, 2.05) is 0 Å².